The second-order valence-corrected chi connectivity index (χ2v) is 4.52. The van der Waals surface area contributed by atoms with Crippen molar-refractivity contribution in [3.05, 3.63) is 11.3 Å². The van der Waals surface area contributed by atoms with E-state index in [1.54, 1.807) is 27.7 Å². The summed E-state index contributed by atoms with van der Waals surface area (Å²) in [5.41, 5.74) is 5.20. The Hall–Kier alpha value is -1.72. The lowest BCUT2D eigenvalue weighted by Gasteiger charge is -2.19. The molecule has 4 N–H and O–H groups in total. The van der Waals surface area contributed by atoms with E-state index in [4.69, 9.17) is 15.6 Å². The van der Waals surface area contributed by atoms with E-state index in [1.807, 2.05) is 0 Å². The van der Waals surface area contributed by atoms with Gasteiger partial charge in [-0.1, -0.05) is 6.92 Å². The lowest BCUT2D eigenvalue weighted by molar-refractivity contribution is -0.132. The number of ether oxygens (including phenoxy) is 1. The van der Waals surface area contributed by atoms with Crippen molar-refractivity contribution in [3.63, 3.8) is 0 Å². The van der Waals surface area contributed by atoms with Crippen molar-refractivity contribution in [1.29, 1.82) is 0 Å². The van der Waals surface area contributed by atoms with Gasteiger partial charge in [-0.05, 0) is 27.2 Å². The van der Waals surface area contributed by atoms with Crippen LogP contribution in [0, 0.1) is 0 Å². The summed E-state index contributed by atoms with van der Waals surface area (Å²) >= 11 is 0. The van der Waals surface area contributed by atoms with Gasteiger partial charge in [0, 0.05) is 5.70 Å². The van der Waals surface area contributed by atoms with Crippen LogP contribution in [-0.4, -0.2) is 29.3 Å². The summed E-state index contributed by atoms with van der Waals surface area (Å²) in [6.45, 7) is 6.86. The molecule has 0 aromatic carbocycles. The largest absolute Gasteiger partial charge is 0.478 e. The average molecular weight is 244 g/mol. The second kappa shape index (κ2) is 6.12. The molecule has 6 heteroatoms. The molecule has 0 saturated heterocycles. The zero-order valence-electron chi connectivity index (χ0n) is 10.7. The summed E-state index contributed by atoms with van der Waals surface area (Å²) in [6, 6.07) is 0. The molecule has 0 unspecified atom stereocenters. The molecule has 0 aromatic rings. The minimum absolute atomic E-state index is 0.0373. The molecule has 0 heterocycles. The van der Waals surface area contributed by atoms with Gasteiger partial charge in [0.2, 0.25) is 0 Å². The number of carboxylic acid groups (broad SMARTS) is 1. The highest BCUT2D eigenvalue weighted by molar-refractivity contribution is 5.87. The van der Waals surface area contributed by atoms with Crippen molar-refractivity contribution < 1.29 is 19.4 Å². The van der Waals surface area contributed by atoms with Crippen LogP contribution < -0.4 is 11.1 Å². The zero-order valence-corrected chi connectivity index (χ0v) is 10.7. The Balaban J connectivity index is 4.38. The molecule has 1 amide bonds. The first-order valence-electron chi connectivity index (χ1n) is 5.35. The molecule has 0 aliphatic rings. The van der Waals surface area contributed by atoms with E-state index in [9.17, 15) is 9.59 Å². The topological polar surface area (TPSA) is 102 Å². The summed E-state index contributed by atoms with van der Waals surface area (Å²) < 4.78 is 4.99. The highest BCUT2D eigenvalue weighted by atomic mass is 16.6. The van der Waals surface area contributed by atoms with Crippen LogP contribution in [-0.2, 0) is 9.53 Å². The fraction of sp³-hybridized carbons (Fsp3) is 0.636. The van der Waals surface area contributed by atoms with E-state index in [1.165, 1.54) is 0 Å². The van der Waals surface area contributed by atoms with Gasteiger partial charge in [0.1, 0.15) is 5.60 Å². The molecule has 0 aliphatic heterocycles. The number of hydrogen-bond acceptors (Lipinski definition) is 4. The van der Waals surface area contributed by atoms with E-state index in [-0.39, 0.29) is 17.8 Å². The summed E-state index contributed by atoms with van der Waals surface area (Å²) in [5.74, 6) is -1.07. The highest BCUT2D eigenvalue weighted by Crippen LogP contribution is 2.07. The zero-order chi connectivity index (χ0) is 13.6. The van der Waals surface area contributed by atoms with Crippen LogP contribution in [0.3, 0.4) is 0 Å². The minimum atomic E-state index is -1.07. The third kappa shape index (κ3) is 6.44. The Morgan fingerprint density at radius 2 is 1.88 bits per heavy atom. The summed E-state index contributed by atoms with van der Waals surface area (Å²) in [4.78, 5) is 22.0. The van der Waals surface area contributed by atoms with Crippen LogP contribution >= 0.6 is 0 Å². The Labute approximate surface area is 101 Å². The molecular weight excluding hydrogens is 224 g/mol. The smallest absolute Gasteiger partial charge is 0.407 e. The number of aliphatic carboxylic acids is 1. The number of carbonyl (C=O) groups excluding carboxylic acids is 1. The predicted molar refractivity (Wildman–Crippen MR) is 63.4 cm³/mol. The molecule has 0 aliphatic carbocycles. The minimum Gasteiger partial charge on any atom is -0.478 e. The first-order valence-corrected chi connectivity index (χ1v) is 5.35. The number of carboxylic acids is 1. The number of nitrogens with one attached hydrogen (secondary N) is 1. The molecule has 0 fully saturated rings. The summed E-state index contributed by atoms with van der Waals surface area (Å²) in [7, 11) is 0. The monoisotopic (exact) mass is 244 g/mol. The Morgan fingerprint density at radius 3 is 2.24 bits per heavy atom. The molecule has 0 saturated carbocycles. The van der Waals surface area contributed by atoms with Crippen LogP contribution in [0.4, 0.5) is 4.79 Å². The number of amides is 1. The third-order valence-electron chi connectivity index (χ3n) is 1.82. The number of alkyl carbamates (subject to hydrolysis) is 1. The molecule has 98 valence electrons. The quantitative estimate of drug-likeness (QED) is 0.645. The SMILES string of the molecule is CCC(C(=O)O)=C(N)CNC(=O)OC(C)(C)C. The van der Waals surface area contributed by atoms with Gasteiger partial charge in [-0.25, -0.2) is 9.59 Å². The molecule has 0 aromatic heterocycles. The van der Waals surface area contributed by atoms with Gasteiger partial charge in [0.15, 0.2) is 0 Å². The molecule has 0 bridgehead atoms. The highest BCUT2D eigenvalue weighted by Gasteiger charge is 2.16. The van der Waals surface area contributed by atoms with Crippen molar-refractivity contribution in [2.24, 2.45) is 5.73 Å². The van der Waals surface area contributed by atoms with Gasteiger partial charge in [-0.3, -0.25) is 0 Å². The maximum absolute atomic E-state index is 11.3. The van der Waals surface area contributed by atoms with Gasteiger partial charge in [-0.2, -0.15) is 0 Å². The van der Waals surface area contributed by atoms with E-state index in [2.05, 4.69) is 5.32 Å². The van der Waals surface area contributed by atoms with E-state index in [0.717, 1.165) is 0 Å². The maximum atomic E-state index is 11.3. The maximum Gasteiger partial charge on any atom is 0.407 e. The molecular formula is C11H20N2O4. The number of hydrogen-bond donors (Lipinski definition) is 3. The fourth-order valence-electron chi connectivity index (χ4n) is 1.10. The number of rotatable bonds is 4. The van der Waals surface area contributed by atoms with E-state index >= 15 is 0 Å². The number of nitrogens with two attached hydrogens (primary N) is 1. The second-order valence-electron chi connectivity index (χ2n) is 4.52. The van der Waals surface area contributed by atoms with Gasteiger partial charge >= 0.3 is 12.1 Å². The van der Waals surface area contributed by atoms with Crippen LogP contribution in [0.2, 0.25) is 0 Å². The van der Waals surface area contributed by atoms with Crippen molar-refractivity contribution in [2.45, 2.75) is 39.7 Å². The van der Waals surface area contributed by atoms with E-state index < -0.39 is 17.7 Å². The van der Waals surface area contributed by atoms with Crippen LogP contribution in [0.5, 0.6) is 0 Å². The fourth-order valence-corrected chi connectivity index (χ4v) is 1.10. The summed E-state index contributed by atoms with van der Waals surface area (Å²) in [5, 5.41) is 11.2. The van der Waals surface area contributed by atoms with Crippen molar-refractivity contribution >= 4 is 12.1 Å². The van der Waals surface area contributed by atoms with Gasteiger partial charge in [0.05, 0.1) is 12.1 Å². The van der Waals surface area contributed by atoms with Crippen LogP contribution in [0.25, 0.3) is 0 Å². The van der Waals surface area contributed by atoms with Crippen molar-refractivity contribution in [3.8, 4) is 0 Å². The Bertz CT molecular complexity index is 329. The van der Waals surface area contributed by atoms with Crippen molar-refractivity contribution in [1.82, 2.24) is 5.32 Å². The first-order chi connectivity index (χ1) is 7.67. The molecule has 17 heavy (non-hydrogen) atoms. The average Bonchev–Trinajstić information content (AvgIpc) is 2.12. The van der Waals surface area contributed by atoms with Gasteiger partial charge in [0.25, 0.3) is 0 Å². The molecule has 0 rings (SSSR count). The van der Waals surface area contributed by atoms with Gasteiger partial charge in [-0.15, -0.1) is 0 Å². The number of carbonyl (C=O) groups is 2. The predicted octanol–water partition coefficient (Wildman–Crippen LogP) is 1.22. The lowest BCUT2D eigenvalue weighted by atomic mass is 10.1. The normalized spacial score (nSPS) is 12.7. The summed E-state index contributed by atoms with van der Waals surface area (Å²) in [6.07, 6.45) is -0.321. The van der Waals surface area contributed by atoms with Crippen molar-refractivity contribution in [2.75, 3.05) is 6.54 Å². The van der Waals surface area contributed by atoms with Crippen LogP contribution in [0.1, 0.15) is 34.1 Å². The molecule has 0 spiro atoms. The van der Waals surface area contributed by atoms with Crippen LogP contribution in [0.15, 0.2) is 11.3 Å². The third-order valence-corrected chi connectivity index (χ3v) is 1.82. The lowest BCUT2D eigenvalue weighted by Crippen LogP contribution is -2.35. The Morgan fingerprint density at radius 1 is 1.35 bits per heavy atom. The van der Waals surface area contributed by atoms with E-state index in [0.29, 0.717) is 6.42 Å². The van der Waals surface area contributed by atoms with Gasteiger partial charge < -0.3 is 20.9 Å². The standard InChI is InChI=1S/C11H20N2O4/c1-5-7(9(14)15)8(12)6-13-10(16)17-11(2,3)4/h5-6,12H2,1-4H3,(H,13,16)(H,14,15). The molecule has 0 atom stereocenters. The Kier molecular flexibility index (Phi) is 5.50. The molecule has 6 nitrogen and oxygen atoms in total. The first kappa shape index (κ1) is 15.3. The molecule has 0 radical (unpaired) electrons.